The summed E-state index contributed by atoms with van der Waals surface area (Å²) >= 11 is 0. The molecule has 0 fully saturated rings. The number of anilines is 2. The van der Waals surface area contributed by atoms with Gasteiger partial charge in [-0.1, -0.05) is 32.0 Å². The molecule has 23 heavy (non-hydrogen) atoms. The Morgan fingerprint density at radius 3 is 2.57 bits per heavy atom. The summed E-state index contributed by atoms with van der Waals surface area (Å²) in [6.07, 6.45) is 0.529. The van der Waals surface area contributed by atoms with Crippen molar-refractivity contribution >= 4 is 17.3 Å². The Labute approximate surface area is 137 Å². The summed E-state index contributed by atoms with van der Waals surface area (Å²) in [6, 6.07) is 15.7. The van der Waals surface area contributed by atoms with Gasteiger partial charge in [0, 0.05) is 24.3 Å². The van der Waals surface area contributed by atoms with E-state index in [1.54, 1.807) is 7.11 Å². The lowest BCUT2D eigenvalue weighted by Gasteiger charge is -2.11. The number of ether oxygens (including phenoxy) is 1. The standard InChI is InChI=1S/C19H24N2O2/c1-14(2)10-19(22)21-17-8-5-7-16(12-17)20-13-15-6-4-9-18(11-15)23-3/h4-9,11-12,14,20H,10,13H2,1-3H3,(H,21,22). The Bertz CT molecular complexity index is 653. The lowest BCUT2D eigenvalue weighted by atomic mass is 10.1. The summed E-state index contributed by atoms with van der Waals surface area (Å²) in [5.41, 5.74) is 2.92. The smallest absolute Gasteiger partial charge is 0.224 e. The molecule has 0 heterocycles. The average molecular weight is 312 g/mol. The Hall–Kier alpha value is -2.49. The van der Waals surface area contributed by atoms with Gasteiger partial charge in [-0.3, -0.25) is 4.79 Å². The minimum Gasteiger partial charge on any atom is -0.497 e. The van der Waals surface area contributed by atoms with Gasteiger partial charge in [-0.15, -0.1) is 0 Å². The topological polar surface area (TPSA) is 50.4 Å². The SMILES string of the molecule is COc1cccc(CNc2cccc(NC(=O)CC(C)C)c2)c1. The Kier molecular flexibility index (Phi) is 6.03. The highest BCUT2D eigenvalue weighted by Gasteiger charge is 2.05. The van der Waals surface area contributed by atoms with Gasteiger partial charge in [-0.25, -0.2) is 0 Å². The van der Waals surface area contributed by atoms with Gasteiger partial charge in [-0.05, 0) is 41.8 Å². The van der Waals surface area contributed by atoms with Gasteiger partial charge in [0.25, 0.3) is 0 Å². The number of hydrogen-bond acceptors (Lipinski definition) is 3. The molecule has 2 aromatic carbocycles. The molecular weight excluding hydrogens is 288 g/mol. The van der Waals surface area contributed by atoms with Crippen molar-refractivity contribution in [1.82, 2.24) is 0 Å². The number of carbonyl (C=O) groups excluding carboxylic acids is 1. The largest absolute Gasteiger partial charge is 0.497 e. The number of methoxy groups -OCH3 is 1. The molecule has 0 bridgehead atoms. The molecule has 0 radical (unpaired) electrons. The number of amides is 1. The van der Waals surface area contributed by atoms with E-state index >= 15 is 0 Å². The molecule has 2 N–H and O–H groups in total. The van der Waals surface area contributed by atoms with Crippen LogP contribution in [0.1, 0.15) is 25.8 Å². The lowest BCUT2D eigenvalue weighted by Crippen LogP contribution is -2.13. The van der Waals surface area contributed by atoms with Gasteiger partial charge in [0.05, 0.1) is 7.11 Å². The van der Waals surface area contributed by atoms with Crippen molar-refractivity contribution in [3.63, 3.8) is 0 Å². The van der Waals surface area contributed by atoms with Crippen molar-refractivity contribution < 1.29 is 9.53 Å². The molecule has 0 spiro atoms. The first-order valence-corrected chi connectivity index (χ1v) is 7.83. The second-order valence-electron chi connectivity index (χ2n) is 5.93. The molecule has 4 nitrogen and oxygen atoms in total. The van der Waals surface area contributed by atoms with E-state index in [1.807, 2.05) is 62.4 Å². The molecule has 0 aliphatic rings. The predicted octanol–water partition coefficient (Wildman–Crippen LogP) is 4.29. The molecule has 4 heteroatoms. The van der Waals surface area contributed by atoms with Crippen LogP contribution in [0.3, 0.4) is 0 Å². The van der Waals surface area contributed by atoms with Crippen molar-refractivity contribution in [2.75, 3.05) is 17.7 Å². The summed E-state index contributed by atoms with van der Waals surface area (Å²) in [5.74, 6) is 1.24. The maximum absolute atomic E-state index is 11.8. The number of nitrogens with one attached hydrogen (secondary N) is 2. The minimum atomic E-state index is 0.0462. The zero-order valence-corrected chi connectivity index (χ0v) is 13.9. The highest BCUT2D eigenvalue weighted by Crippen LogP contribution is 2.18. The number of carbonyl (C=O) groups is 1. The molecular formula is C19H24N2O2. The second kappa shape index (κ2) is 8.22. The van der Waals surface area contributed by atoms with E-state index in [4.69, 9.17) is 4.74 Å². The lowest BCUT2D eigenvalue weighted by molar-refractivity contribution is -0.116. The predicted molar refractivity (Wildman–Crippen MR) is 94.8 cm³/mol. The molecule has 0 atom stereocenters. The molecule has 0 aliphatic heterocycles. The molecule has 0 aliphatic carbocycles. The average Bonchev–Trinajstić information content (AvgIpc) is 2.52. The van der Waals surface area contributed by atoms with Crippen molar-refractivity contribution in [2.45, 2.75) is 26.8 Å². The monoisotopic (exact) mass is 312 g/mol. The van der Waals surface area contributed by atoms with Crippen LogP contribution in [0.15, 0.2) is 48.5 Å². The van der Waals surface area contributed by atoms with Crippen molar-refractivity contribution in [2.24, 2.45) is 5.92 Å². The number of rotatable bonds is 7. The van der Waals surface area contributed by atoms with Crippen LogP contribution in [0.4, 0.5) is 11.4 Å². The van der Waals surface area contributed by atoms with E-state index in [0.29, 0.717) is 18.9 Å². The third-order valence-corrected chi connectivity index (χ3v) is 3.37. The zero-order chi connectivity index (χ0) is 16.7. The van der Waals surface area contributed by atoms with Crippen molar-refractivity contribution in [3.05, 3.63) is 54.1 Å². The van der Waals surface area contributed by atoms with E-state index in [1.165, 1.54) is 0 Å². The third kappa shape index (κ3) is 5.66. The Balaban J connectivity index is 1.95. The number of hydrogen-bond donors (Lipinski definition) is 2. The maximum Gasteiger partial charge on any atom is 0.224 e. The first-order chi connectivity index (χ1) is 11.1. The zero-order valence-electron chi connectivity index (χ0n) is 13.9. The fourth-order valence-electron chi connectivity index (χ4n) is 2.28. The van der Waals surface area contributed by atoms with Crippen LogP contribution in [0.25, 0.3) is 0 Å². The first-order valence-electron chi connectivity index (χ1n) is 7.83. The number of benzene rings is 2. The fourth-order valence-corrected chi connectivity index (χ4v) is 2.28. The van der Waals surface area contributed by atoms with Crippen molar-refractivity contribution in [3.8, 4) is 5.75 Å². The first kappa shape index (κ1) is 16.9. The van der Waals surface area contributed by atoms with Crippen LogP contribution in [0.5, 0.6) is 5.75 Å². The van der Waals surface area contributed by atoms with Gasteiger partial charge >= 0.3 is 0 Å². The quantitative estimate of drug-likeness (QED) is 0.802. The highest BCUT2D eigenvalue weighted by atomic mass is 16.5. The minimum absolute atomic E-state index is 0.0462. The summed E-state index contributed by atoms with van der Waals surface area (Å²) < 4.78 is 5.23. The van der Waals surface area contributed by atoms with Gasteiger partial charge < -0.3 is 15.4 Å². The second-order valence-corrected chi connectivity index (χ2v) is 5.93. The summed E-state index contributed by atoms with van der Waals surface area (Å²) in [5, 5.41) is 6.29. The third-order valence-electron chi connectivity index (χ3n) is 3.37. The van der Waals surface area contributed by atoms with Crippen LogP contribution in [0, 0.1) is 5.92 Å². The highest BCUT2D eigenvalue weighted by molar-refractivity contribution is 5.91. The fraction of sp³-hybridized carbons (Fsp3) is 0.316. The van der Waals surface area contributed by atoms with Gasteiger partial charge in [0.15, 0.2) is 0 Å². The van der Waals surface area contributed by atoms with E-state index < -0.39 is 0 Å². The normalized spacial score (nSPS) is 10.4. The Morgan fingerprint density at radius 1 is 1.09 bits per heavy atom. The van der Waals surface area contributed by atoms with Gasteiger partial charge in [0.2, 0.25) is 5.91 Å². The maximum atomic E-state index is 11.8. The van der Waals surface area contributed by atoms with E-state index in [2.05, 4.69) is 10.6 Å². The molecule has 1 amide bonds. The van der Waals surface area contributed by atoms with Crippen LogP contribution in [-0.4, -0.2) is 13.0 Å². The summed E-state index contributed by atoms with van der Waals surface area (Å²) in [6.45, 7) is 4.76. The summed E-state index contributed by atoms with van der Waals surface area (Å²) in [7, 11) is 1.66. The van der Waals surface area contributed by atoms with E-state index in [9.17, 15) is 4.79 Å². The van der Waals surface area contributed by atoms with Gasteiger partial charge in [-0.2, -0.15) is 0 Å². The molecule has 0 saturated heterocycles. The molecule has 2 aromatic rings. The van der Waals surface area contributed by atoms with Crippen LogP contribution < -0.4 is 15.4 Å². The molecule has 2 rings (SSSR count). The van der Waals surface area contributed by atoms with Gasteiger partial charge in [0.1, 0.15) is 5.75 Å². The van der Waals surface area contributed by atoms with E-state index in [-0.39, 0.29) is 5.91 Å². The van der Waals surface area contributed by atoms with Crippen LogP contribution in [0.2, 0.25) is 0 Å². The Morgan fingerprint density at radius 2 is 1.83 bits per heavy atom. The van der Waals surface area contributed by atoms with Crippen LogP contribution in [-0.2, 0) is 11.3 Å². The molecule has 0 unspecified atom stereocenters. The molecule has 122 valence electrons. The summed E-state index contributed by atoms with van der Waals surface area (Å²) in [4.78, 5) is 11.8. The molecule has 0 saturated carbocycles. The molecule has 0 aromatic heterocycles. The van der Waals surface area contributed by atoms with Crippen molar-refractivity contribution in [1.29, 1.82) is 0 Å². The van der Waals surface area contributed by atoms with E-state index in [0.717, 1.165) is 22.7 Å². The van der Waals surface area contributed by atoms with Crippen LogP contribution >= 0.6 is 0 Å².